The number of hydrogen-bond acceptors (Lipinski definition) is 3. The van der Waals surface area contributed by atoms with Gasteiger partial charge >= 0.3 is 0 Å². The molecule has 0 heterocycles. The van der Waals surface area contributed by atoms with E-state index in [2.05, 4.69) is 10.6 Å². The SMILES string of the molecule is CCCCC[C@@H](F)[C@@H](F)C(=O)Nc1ccc(NCc2ccc(O)cc2)cc1. The van der Waals surface area contributed by atoms with Gasteiger partial charge in [0.2, 0.25) is 6.17 Å². The number of phenolic OH excluding ortho intramolecular Hbond substituents is 1. The van der Waals surface area contributed by atoms with Crippen molar-refractivity contribution in [2.45, 2.75) is 51.5 Å². The summed E-state index contributed by atoms with van der Waals surface area (Å²) in [5.74, 6) is -0.741. The van der Waals surface area contributed by atoms with Crippen molar-refractivity contribution in [3.05, 3.63) is 54.1 Å². The summed E-state index contributed by atoms with van der Waals surface area (Å²) in [6.07, 6.45) is -1.55. The van der Waals surface area contributed by atoms with Crippen LogP contribution < -0.4 is 10.6 Å². The van der Waals surface area contributed by atoms with E-state index in [0.717, 1.165) is 24.1 Å². The summed E-state index contributed by atoms with van der Waals surface area (Å²) >= 11 is 0. The molecule has 0 saturated heterocycles. The molecule has 4 nitrogen and oxygen atoms in total. The molecule has 1 amide bonds. The van der Waals surface area contributed by atoms with Crippen molar-refractivity contribution in [3.8, 4) is 5.75 Å². The number of rotatable bonds is 10. The summed E-state index contributed by atoms with van der Waals surface area (Å²) in [5.41, 5.74) is 2.24. The number of unbranched alkanes of at least 4 members (excludes halogenated alkanes) is 2. The first-order chi connectivity index (χ1) is 13.0. The lowest BCUT2D eigenvalue weighted by atomic mass is 10.1. The second-order valence-electron chi connectivity index (χ2n) is 6.50. The van der Waals surface area contributed by atoms with Gasteiger partial charge in [-0.1, -0.05) is 38.3 Å². The summed E-state index contributed by atoms with van der Waals surface area (Å²) in [6.45, 7) is 2.55. The van der Waals surface area contributed by atoms with Crippen molar-refractivity contribution in [2.75, 3.05) is 10.6 Å². The van der Waals surface area contributed by atoms with Gasteiger partial charge in [-0.15, -0.1) is 0 Å². The summed E-state index contributed by atoms with van der Waals surface area (Å²) in [7, 11) is 0. The molecule has 6 heteroatoms. The number of carbonyl (C=O) groups is 1. The molecular formula is C21H26F2N2O2. The molecule has 2 atom stereocenters. The molecule has 0 bridgehead atoms. The highest BCUT2D eigenvalue weighted by Gasteiger charge is 2.27. The molecular weight excluding hydrogens is 350 g/mol. The van der Waals surface area contributed by atoms with E-state index in [0.29, 0.717) is 18.7 Å². The van der Waals surface area contributed by atoms with Crippen molar-refractivity contribution in [3.63, 3.8) is 0 Å². The van der Waals surface area contributed by atoms with E-state index in [4.69, 9.17) is 0 Å². The van der Waals surface area contributed by atoms with Gasteiger partial charge in [-0.05, 0) is 48.4 Å². The van der Waals surface area contributed by atoms with Crippen molar-refractivity contribution in [2.24, 2.45) is 0 Å². The van der Waals surface area contributed by atoms with Crippen LogP contribution in [0.3, 0.4) is 0 Å². The van der Waals surface area contributed by atoms with E-state index in [1.54, 1.807) is 36.4 Å². The Morgan fingerprint density at radius 1 is 1.00 bits per heavy atom. The molecule has 2 rings (SSSR count). The fourth-order valence-corrected chi connectivity index (χ4v) is 2.60. The number of nitrogens with one attached hydrogen (secondary N) is 2. The molecule has 0 aliphatic rings. The van der Waals surface area contributed by atoms with E-state index in [1.807, 2.05) is 19.1 Å². The van der Waals surface area contributed by atoms with Crippen LogP contribution in [0.15, 0.2) is 48.5 Å². The molecule has 0 aromatic heterocycles. The molecule has 0 spiro atoms. The quantitative estimate of drug-likeness (QED) is 0.500. The Balaban J connectivity index is 1.81. The van der Waals surface area contributed by atoms with Gasteiger partial charge in [-0.3, -0.25) is 4.79 Å². The average molecular weight is 376 g/mol. The Hall–Kier alpha value is -2.63. The topological polar surface area (TPSA) is 61.4 Å². The molecule has 146 valence electrons. The minimum atomic E-state index is -2.16. The number of phenols is 1. The predicted molar refractivity (Wildman–Crippen MR) is 104 cm³/mol. The number of benzene rings is 2. The number of halogens is 2. The largest absolute Gasteiger partial charge is 0.508 e. The van der Waals surface area contributed by atoms with Crippen LogP contribution in [0, 0.1) is 0 Å². The van der Waals surface area contributed by atoms with Crippen molar-refractivity contribution in [1.82, 2.24) is 0 Å². The number of aromatic hydroxyl groups is 1. The van der Waals surface area contributed by atoms with E-state index in [9.17, 15) is 18.7 Å². The Bertz CT molecular complexity index is 705. The minimum absolute atomic E-state index is 0.0581. The molecule has 2 aromatic carbocycles. The smallest absolute Gasteiger partial charge is 0.261 e. The third kappa shape index (κ3) is 6.89. The van der Waals surface area contributed by atoms with Gasteiger partial charge in [0, 0.05) is 17.9 Å². The van der Waals surface area contributed by atoms with Gasteiger partial charge in [0.1, 0.15) is 11.9 Å². The van der Waals surface area contributed by atoms with Crippen LogP contribution in [0.5, 0.6) is 5.75 Å². The first-order valence-corrected chi connectivity index (χ1v) is 9.20. The third-order valence-corrected chi connectivity index (χ3v) is 4.24. The Kier molecular flexibility index (Phi) is 8.04. The molecule has 0 saturated carbocycles. The first-order valence-electron chi connectivity index (χ1n) is 9.20. The van der Waals surface area contributed by atoms with Crippen LogP contribution in [0.25, 0.3) is 0 Å². The maximum absolute atomic E-state index is 13.9. The van der Waals surface area contributed by atoms with Crippen LogP contribution in [0.2, 0.25) is 0 Å². The summed E-state index contributed by atoms with van der Waals surface area (Å²) in [4.78, 5) is 11.8. The van der Waals surface area contributed by atoms with Crippen LogP contribution >= 0.6 is 0 Å². The van der Waals surface area contributed by atoms with Crippen LogP contribution in [-0.2, 0) is 11.3 Å². The molecule has 27 heavy (non-hydrogen) atoms. The molecule has 2 aromatic rings. The van der Waals surface area contributed by atoms with E-state index in [-0.39, 0.29) is 12.2 Å². The van der Waals surface area contributed by atoms with Crippen LogP contribution in [-0.4, -0.2) is 23.4 Å². The zero-order valence-corrected chi connectivity index (χ0v) is 15.4. The van der Waals surface area contributed by atoms with Crippen LogP contribution in [0.4, 0.5) is 20.2 Å². The zero-order valence-electron chi connectivity index (χ0n) is 15.4. The fourth-order valence-electron chi connectivity index (χ4n) is 2.60. The first kappa shape index (κ1) is 20.7. The summed E-state index contributed by atoms with van der Waals surface area (Å²) in [5, 5.41) is 14.9. The van der Waals surface area contributed by atoms with Gasteiger partial charge in [0.15, 0.2) is 0 Å². The summed E-state index contributed by atoms with van der Waals surface area (Å²) < 4.78 is 27.7. The average Bonchev–Trinajstić information content (AvgIpc) is 2.68. The zero-order chi connectivity index (χ0) is 19.6. The minimum Gasteiger partial charge on any atom is -0.508 e. The number of carbonyl (C=O) groups excluding carboxylic acids is 1. The highest BCUT2D eigenvalue weighted by molar-refractivity contribution is 5.94. The monoisotopic (exact) mass is 376 g/mol. The molecule has 0 unspecified atom stereocenters. The van der Waals surface area contributed by atoms with Gasteiger partial charge in [0.25, 0.3) is 5.91 Å². The molecule has 0 aliphatic heterocycles. The number of alkyl halides is 2. The van der Waals surface area contributed by atoms with Gasteiger partial charge in [0.05, 0.1) is 0 Å². The maximum Gasteiger partial charge on any atom is 0.261 e. The summed E-state index contributed by atoms with van der Waals surface area (Å²) in [6, 6.07) is 13.6. The van der Waals surface area contributed by atoms with Gasteiger partial charge in [-0.2, -0.15) is 0 Å². The lowest BCUT2D eigenvalue weighted by Gasteiger charge is -2.14. The Labute approximate surface area is 158 Å². The third-order valence-electron chi connectivity index (χ3n) is 4.24. The molecule has 3 N–H and O–H groups in total. The second-order valence-corrected chi connectivity index (χ2v) is 6.50. The lowest BCUT2D eigenvalue weighted by molar-refractivity contribution is -0.123. The lowest BCUT2D eigenvalue weighted by Crippen LogP contribution is -2.32. The predicted octanol–water partition coefficient (Wildman–Crippen LogP) is 5.20. The van der Waals surface area contributed by atoms with E-state index in [1.165, 1.54) is 0 Å². The highest BCUT2D eigenvalue weighted by atomic mass is 19.2. The van der Waals surface area contributed by atoms with E-state index >= 15 is 0 Å². The van der Waals surface area contributed by atoms with E-state index < -0.39 is 18.3 Å². The standard InChI is InChI=1S/C21H26F2N2O2/c1-2-3-4-5-19(22)20(23)21(27)25-17-10-8-16(9-11-17)24-14-15-6-12-18(26)13-7-15/h6-13,19-20,24,26H,2-5,14H2,1H3,(H,25,27)/t19-,20-/m1/s1. The second kappa shape index (κ2) is 10.5. The van der Waals surface area contributed by atoms with Crippen LogP contribution in [0.1, 0.15) is 38.2 Å². The normalized spacial score (nSPS) is 13.0. The fraction of sp³-hybridized carbons (Fsp3) is 0.381. The van der Waals surface area contributed by atoms with Gasteiger partial charge < -0.3 is 15.7 Å². The van der Waals surface area contributed by atoms with Gasteiger partial charge in [-0.25, -0.2) is 8.78 Å². The Morgan fingerprint density at radius 3 is 2.26 bits per heavy atom. The van der Waals surface area contributed by atoms with Crippen molar-refractivity contribution in [1.29, 1.82) is 0 Å². The molecule has 0 radical (unpaired) electrons. The van der Waals surface area contributed by atoms with Crippen molar-refractivity contribution < 1.29 is 18.7 Å². The van der Waals surface area contributed by atoms with Crippen molar-refractivity contribution >= 4 is 17.3 Å². The molecule has 0 fully saturated rings. The number of amides is 1. The maximum atomic E-state index is 13.9. The highest BCUT2D eigenvalue weighted by Crippen LogP contribution is 2.18. The number of hydrogen-bond donors (Lipinski definition) is 3. The number of anilines is 2. The Morgan fingerprint density at radius 2 is 1.63 bits per heavy atom. The molecule has 0 aliphatic carbocycles.